The summed E-state index contributed by atoms with van der Waals surface area (Å²) in [4.78, 5) is 18.7. The van der Waals surface area contributed by atoms with Crippen molar-refractivity contribution in [2.24, 2.45) is 4.99 Å². The van der Waals surface area contributed by atoms with E-state index in [-0.39, 0.29) is 35.3 Å². The van der Waals surface area contributed by atoms with Crippen molar-refractivity contribution in [3.8, 4) is 0 Å². The predicted molar refractivity (Wildman–Crippen MR) is 119 cm³/mol. The lowest BCUT2D eigenvalue weighted by molar-refractivity contribution is -0.128. The van der Waals surface area contributed by atoms with Crippen molar-refractivity contribution < 1.29 is 4.79 Å². The SMILES string of the molecule is CCNC(=NCc1ccc(C(C)(C)C)cc1)NCC(=O)N1CCCC1.I. The molecule has 2 rings (SSSR count). The van der Waals surface area contributed by atoms with Gasteiger partial charge >= 0.3 is 0 Å². The van der Waals surface area contributed by atoms with Gasteiger partial charge in [-0.1, -0.05) is 45.0 Å². The van der Waals surface area contributed by atoms with E-state index in [1.54, 1.807) is 0 Å². The third kappa shape index (κ3) is 7.13. The summed E-state index contributed by atoms with van der Waals surface area (Å²) in [6.07, 6.45) is 2.23. The molecule has 0 aromatic heterocycles. The van der Waals surface area contributed by atoms with E-state index in [9.17, 15) is 4.79 Å². The summed E-state index contributed by atoms with van der Waals surface area (Å²) in [5.41, 5.74) is 2.64. The van der Waals surface area contributed by atoms with Crippen molar-refractivity contribution in [1.29, 1.82) is 0 Å². The summed E-state index contributed by atoms with van der Waals surface area (Å²) in [5.74, 6) is 0.840. The molecule has 1 aliphatic heterocycles. The van der Waals surface area contributed by atoms with E-state index in [4.69, 9.17) is 0 Å². The number of carbonyl (C=O) groups excluding carboxylic acids is 1. The minimum atomic E-state index is 0. The van der Waals surface area contributed by atoms with Crippen molar-refractivity contribution in [2.75, 3.05) is 26.2 Å². The minimum Gasteiger partial charge on any atom is -0.357 e. The summed E-state index contributed by atoms with van der Waals surface area (Å²) < 4.78 is 0. The second kappa shape index (κ2) is 10.7. The Kier molecular flexibility index (Phi) is 9.39. The summed E-state index contributed by atoms with van der Waals surface area (Å²) in [5, 5.41) is 6.35. The molecular formula is C20H33IN4O. The molecule has 2 N–H and O–H groups in total. The van der Waals surface area contributed by atoms with Crippen LogP contribution in [0.2, 0.25) is 0 Å². The number of benzene rings is 1. The van der Waals surface area contributed by atoms with Crippen LogP contribution in [0.4, 0.5) is 0 Å². The van der Waals surface area contributed by atoms with Gasteiger partial charge in [0, 0.05) is 19.6 Å². The van der Waals surface area contributed by atoms with Crippen LogP contribution in [-0.4, -0.2) is 42.9 Å². The molecule has 0 aliphatic carbocycles. The highest BCUT2D eigenvalue weighted by Crippen LogP contribution is 2.22. The molecule has 1 aliphatic rings. The Labute approximate surface area is 175 Å². The highest BCUT2D eigenvalue weighted by atomic mass is 127. The Balaban J connectivity index is 0.00000338. The lowest BCUT2D eigenvalue weighted by atomic mass is 9.87. The van der Waals surface area contributed by atoms with Crippen LogP contribution in [0.5, 0.6) is 0 Å². The first-order chi connectivity index (χ1) is 11.9. The second-order valence-corrected chi connectivity index (χ2v) is 7.58. The summed E-state index contributed by atoms with van der Waals surface area (Å²) in [6.45, 7) is 12.1. The Bertz CT molecular complexity index is 587. The molecule has 1 amide bonds. The van der Waals surface area contributed by atoms with E-state index < -0.39 is 0 Å². The summed E-state index contributed by atoms with van der Waals surface area (Å²) >= 11 is 0. The van der Waals surface area contributed by atoms with Crippen LogP contribution in [-0.2, 0) is 16.8 Å². The minimum absolute atomic E-state index is 0. The third-order valence-corrected chi connectivity index (χ3v) is 4.45. The van der Waals surface area contributed by atoms with Gasteiger partial charge in [0.05, 0.1) is 13.1 Å². The van der Waals surface area contributed by atoms with Crippen LogP contribution >= 0.6 is 24.0 Å². The largest absolute Gasteiger partial charge is 0.357 e. The maximum Gasteiger partial charge on any atom is 0.241 e. The molecule has 1 saturated heterocycles. The number of amides is 1. The molecule has 0 saturated carbocycles. The number of likely N-dealkylation sites (tertiary alicyclic amines) is 1. The number of rotatable bonds is 5. The standard InChI is InChI=1S/C20H32N4O.HI/c1-5-21-19(23-15-18(25)24-12-6-7-13-24)22-14-16-8-10-17(11-9-16)20(2,3)4;/h8-11H,5-7,12-15H2,1-4H3,(H2,21,22,23);1H. The van der Waals surface area contributed by atoms with Gasteiger partial charge in [-0.3, -0.25) is 4.79 Å². The highest BCUT2D eigenvalue weighted by Gasteiger charge is 2.17. The van der Waals surface area contributed by atoms with Crippen molar-refractivity contribution in [3.63, 3.8) is 0 Å². The van der Waals surface area contributed by atoms with Crippen LogP contribution in [0.25, 0.3) is 0 Å². The van der Waals surface area contributed by atoms with Gasteiger partial charge < -0.3 is 15.5 Å². The van der Waals surface area contributed by atoms with E-state index in [1.807, 2.05) is 11.8 Å². The predicted octanol–water partition coefficient (Wildman–Crippen LogP) is 3.28. The normalized spacial score (nSPS) is 14.8. The van der Waals surface area contributed by atoms with Gasteiger partial charge in [0.15, 0.2) is 5.96 Å². The first kappa shape index (κ1) is 22.7. The van der Waals surface area contributed by atoms with Gasteiger partial charge in [-0.2, -0.15) is 0 Å². The maximum absolute atomic E-state index is 12.1. The lowest BCUT2D eigenvalue weighted by Crippen LogP contribution is -2.44. The van der Waals surface area contributed by atoms with Gasteiger partial charge in [-0.15, -0.1) is 24.0 Å². The molecule has 1 heterocycles. The average molecular weight is 472 g/mol. The van der Waals surface area contributed by atoms with Gasteiger partial charge in [-0.25, -0.2) is 4.99 Å². The van der Waals surface area contributed by atoms with Gasteiger partial charge in [0.1, 0.15) is 0 Å². The monoisotopic (exact) mass is 472 g/mol. The molecule has 26 heavy (non-hydrogen) atoms. The Morgan fingerprint density at radius 1 is 1.12 bits per heavy atom. The highest BCUT2D eigenvalue weighted by molar-refractivity contribution is 14.0. The van der Waals surface area contributed by atoms with E-state index in [1.165, 1.54) is 5.56 Å². The lowest BCUT2D eigenvalue weighted by Gasteiger charge is -2.19. The number of hydrogen-bond acceptors (Lipinski definition) is 2. The molecule has 0 atom stereocenters. The molecule has 0 bridgehead atoms. The molecule has 0 radical (unpaired) electrons. The summed E-state index contributed by atoms with van der Waals surface area (Å²) in [6, 6.07) is 8.59. The zero-order valence-corrected chi connectivity index (χ0v) is 18.8. The Hall–Kier alpha value is -1.31. The van der Waals surface area contributed by atoms with Gasteiger partial charge in [-0.05, 0) is 36.3 Å². The van der Waals surface area contributed by atoms with Gasteiger partial charge in [0.2, 0.25) is 5.91 Å². The number of carbonyl (C=O) groups is 1. The molecule has 0 unspecified atom stereocenters. The van der Waals surface area contributed by atoms with Gasteiger partial charge in [0.25, 0.3) is 0 Å². The summed E-state index contributed by atoms with van der Waals surface area (Å²) in [7, 11) is 0. The van der Waals surface area contributed by atoms with Crippen LogP contribution in [0.15, 0.2) is 29.3 Å². The smallest absolute Gasteiger partial charge is 0.241 e. The number of guanidine groups is 1. The van der Waals surface area contributed by atoms with Crippen LogP contribution in [0, 0.1) is 0 Å². The van der Waals surface area contributed by atoms with Crippen molar-refractivity contribution in [2.45, 2.75) is 52.5 Å². The van der Waals surface area contributed by atoms with Crippen molar-refractivity contribution >= 4 is 35.8 Å². The Morgan fingerprint density at radius 3 is 2.27 bits per heavy atom. The zero-order chi connectivity index (χ0) is 18.3. The second-order valence-electron chi connectivity index (χ2n) is 7.58. The molecular weight excluding hydrogens is 439 g/mol. The van der Waals surface area contributed by atoms with E-state index in [2.05, 4.69) is 60.7 Å². The fourth-order valence-electron chi connectivity index (χ4n) is 2.86. The molecule has 0 spiro atoms. The first-order valence-electron chi connectivity index (χ1n) is 9.29. The van der Waals surface area contributed by atoms with Crippen LogP contribution < -0.4 is 10.6 Å². The topological polar surface area (TPSA) is 56.7 Å². The quantitative estimate of drug-likeness (QED) is 0.393. The van der Waals surface area contributed by atoms with Crippen LogP contribution in [0.1, 0.15) is 51.7 Å². The molecule has 1 fully saturated rings. The maximum atomic E-state index is 12.1. The number of halogens is 1. The third-order valence-electron chi connectivity index (χ3n) is 4.45. The van der Waals surface area contributed by atoms with Crippen LogP contribution in [0.3, 0.4) is 0 Å². The number of hydrogen-bond donors (Lipinski definition) is 2. The average Bonchev–Trinajstić information content (AvgIpc) is 3.11. The molecule has 5 nitrogen and oxygen atoms in total. The molecule has 6 heteroatoms. The zero-order valence-electron chi connectivity index (χ0n) is 16.5. The number of nitrogens with zero attached hydrogens (tertiary/aromatic N) is 2. The molecule has 1 aromatic carbocycles. The number of aliphatic imine (C=N–C) groups is 1. The fourth-order valence-corrected chi connectivity index (χ4v) is 2.86. The van der Waals surface area contributed by atoms with E-state index in [0.717, 1.165) is 38.0 Å². The fraction of sp³-hybridized carbons (Fsp3) is 0.600. The number of nitrogens with one attached hydrogen (secondary N) is 2. The van der Waals surface area contributed by atoms with Crippen molar-refractivity contribution in [3.05, 3.63) is 35.4 Å². The molecule has 1 aromatic rings. The van der Waals surface area contributed by atoms with Crippen molar-refractivity contribution in [1.82, 2.24) is 15.5 Å². The Morgan fingerprint density at radius 2 is 1.73 bits per heavy atom. The first-order valence-corrected chi connectivity index (χ1v) is 9.29. The van der Waals surface area contributed by atoms with E-state index >= 15 is 0 Å². The van der Waals surface area contributed by atoms with E-state index in [0.29, 0.717) is 19.0 Å². The molecule has 146 valence electrons.